The van der Waals surface area contributed by atoms with Gasteiger partial charge >= 0.3 is 0 Å². The van der Waals surface area contributed by atoms with Gasteiger partial charge in [-0.3, -0.25) is 4.79 Å². The predicted molar refractivity (Wildman–Crippen MR) is 88.8 cm³/mol. The van der Waals surface area contributed by atoms with Crippen LogP contribution < -0.4 is 10.1 Å². The number of hydrogen-bond donors (Lipinski definition) is 1. The van der Waals surface area contributed by atoms with E-state index in [-0.39, 0.29) is 18.2 Å². The topological polar surface area (TPSA) is 56.1 Å². The molecule has 0 unspecified atom stereocenters. The Morgan fingerprint density at radius 1 is 1.08 bits per heavy atom. The molecule has 1 N–H and O–H groups in total. The van der Waals surface area contributed by atoms with E-state index in [1.54, 1.807) is 25.1 Å². The van der Waals surface area contributed by atoms with Crippen molar-refractivity contribution in [2.24, 2.45) is 0 Å². The standard InChI is InChI=1S/C18H15F2N3O2/c1-12-10-17(23(22-12)15-6-2-13(19)3-7-15)21-18(24)11-25-16-8-4-14(20)5-9-16/h2-10H,11H2,1H3,(H,21,24). The summed E-state index contributed by atoms with van der Waals surface area (Å²) in [5, 5.41) is 6.98. The summed E-state index contributed by atoms with van der Waals surface area (Å²) in [5.74, 6) is -0.300. The molecule has 0 aliphatic heterocycles. The first-order chi connectivity index (χ1) is 12.0. The number of nitrogens with zero attached hydrogens (tertiary/aromatic N) is 2. The molecule has 25 heavy (non-hydrogen) atoms. The number of aromatic nitrogens is 2. The second-order valence-electron chi connectivity index (χ2n) is 5.35. The third-order valence-electron chi connectivity index (χ3n) is 3.35. The van der Waals surface area contributed by atoms with Crippen molar-refractivity contribution in [3.05, 3.63) is 71.9 Å². The highest BCUT2D eigenvalue weighted by atomic mass is 19.1. The number of benzene rings is 2. The van der Waals surface area contributed by atoms with E-state index in [0.29, 0.717) is 22.9 Å². The fraction of sp³-hybridized carbons (Fsp3) is 0.111. The van der Waals surface area contributed by atoms with Crippen LogP contribution in [0.4, 0.5) is 14.6 Å². The molecule has 1 heterocycles. The van der Waals surface area contributed by atoms with E-state index in [0.717, 1.165) is 0 Å². The van der Waals surface area contributed by atoms with Crippen molar-refractivity contribution in [1.82, 2.24) is 9.78 Å². The number of aryl methyl sites for hydroxylation is 1. The molecule has 3 aromatic rings. The van der Waals surface area contributed by atoms with E-state index < -0.39 is 5.91 Å². The van der Waals surface area contributed by atoms with Gasteiger partial charge in [0.1, 0.15) is 23.2 Å². The van der Waals surface area contributed by atoms with Gasteiger partial charge in [0.2, 0.25) is 0 Å². The lowest BCUT2D eigenvalue weighted by atomic mass is 10.3. The normalized spacial score (nSPS) is 10.5. The first-order valence-corrected chi connectivity index (χ1v) is 7.52. The van der Waals surface area contributed by atoms with Gasteiger partial charge in [0.15, 0.2) is 6.61 Å². The molecule has 0 saturated carbocycles. The summed E-state index contributed by atoms with van der Waals surface area (Å²) in [7, 11) is 0. The minimum Gasteiger partial charge on any atom is -0.484 e. The lowest BCUT2D eigenvalue weighted by molar-refractivity contribution is -0.118. The summed E-state index contributed by atoms with van der Waals surface area (Å²) < 4.78 is 32.7. The quantitative estimate of drug-likeness (QED) is 0.772. The summed E-state index contributed by atoms with van der Waals surface area (Å²) >= 11 is 0. The van der Waals surface area contributed by atoms with Crippen molar-refractivity contribution >= 4 is 11.7 Å². The average molecular weight is 343 g/mol. The van der Waals surface area contributed by atoms with Crippen molar-refractivity contribution in [2.45, 2.75) is 6.92 Å². The molecular weight excluding hydrogens is 328 g/mol. The van der Waals surface area contributed by atoms with E-state index in [1.165, 1.54) is 41.1 Å². The predicted octanol–water partition coefficient (Wildman–Crippen LogP) is 3.48. The molecule has 0 aliphatic rings. The third-order valence-corrected chi connectivity index (χ3v) is 3.35. The van der Waals surface area contributed by atoms with Gasteiger partial charge in [-0.2, -0.15) is 5.10 Å². The van der Waals surface area contributed by atoms with Gasteiger partial charge in [-0.15, -0.1) is 0 Å². The number of carbonyl (C=O) groups is 1. The van der Waals surface area contributed by atoms with Gasteiger partial charge in [-0.1, -0.05) is 0 Å². The first kappa shape index (κ1) is 16.6. The Bertz CT molecular complexity index is 874. The van der Waals surface area contributed by atoms with Crippen LogP contribution in [0.25, 0.3) is 5.69 Å². The van der Waals surface area contributed by atoms with Gasteiger partial charge in [-0.25, -0.2) is 13.5 Å². The maximum atomic E-state index is 13.1. The molecule has 0 saturated heterocycles. The third kappa shape index (κ3) is 4.20. The highest BCUT2D eigenvalue weighted by Gasteiger charge is 2.11. The highest BCUT2D eigenvalue weighted by molar-refractivity contribution is 5.91. The largest absolute Gasteiger partial charge is 0.484 e. The van der Waals surface area contributed by atoms with Gasteiger partial charge in [-0.05, 0) is 55.5 Å². The van der Waals surface area contributed by atoms with Crippen LogP contribution in [0, 0.1) is 18.6 Å². The molecule has 128 valence electrons. The van der Waals surface area contributed by atoms with Crippen LogP contribution in [-0.2, 0) is 4.79 Å². The molecule has 0 spiro atoms. The second-order valence-corrected chi connectivity index (χ2v) is 5.35. The van der Waals surface area contributed by atoms with E-state index in [1.807, 2.05) is 0 Å². The maximum Gasteiger partial charge on any atom is 0.263 e. The Morgan fingerprint density at radius 3 is 2.32 bits per heavy atom. The molecule has 0 aliphatic carbocycles. The fourth-order valence-corrected chi connectivity index (χ4v) is 2.23. The lowest BCUT2D eigenvalue weighted by Crippen LogP contribution is -2.21. The van der Waals surface area contributed by atoms with E-state index in [2.05, 4.69) is 10.4 Å². The maximum absolute atomic E-state index is 13.1. The van der Waals surface area contributed by atoms with E-state index in [4.69, 9.17) is 4.74 Å². The molecule has 0 atom stereocenters. The number of nitrogens with one attached hydrogen (secondary N) is 1. The minimum atomic E-state index is -0.396. The Kier molecular flexibility index (Phi) is 4.74. The average Bonchev–Trinajstić information content (AvgIpc) is 2.95. The second kappa shape index (κ2) is 7.12. The number of carbonyl (C=O) groups excluding carboxylic acids is 1. The number of amides is 1. The number of hydrogen-bond acceptors (Lipinski definition) is 3. The van der Waals surface area contributed by atoms with Crippen LogP contribution in [-0.4, -0.2) is 22.3 Å². The van der Waals surface area contributed by atoms with Crippen LogP contribution in [0.3, 0.4) is 0 Å². The Morgan fingerprint density at radius 2 is 1.68 bits per heavy atom. The van der Waals surface area contributed by atoms with E-state index in [9.17, 15) is 13.6 Å². The summed E-state index contributed by atoms with van der Waals surface area (Å²) in [6.07, 6.45) is 0. The molecular formula is C18H15F2N3O2. The van der Waals surface area contributed by atoms with Crippen LogP contribution in [0.5, 0.6) is 5.75 Å². The molecule has 3 rings (SSSR count). The van der Waals surface area contributed by atoms with Crippen molar-refractivity contribution in [2.75, 3.05) is 11.9 Å². The zero-order valence-corrected chi connectivity index (χ0v) is 13.4. The molecule has 7 heteroatoms. The fourth-order valence-electron chi connectivity index (χ4n) is 2.23. The van der Waals surface area contributed by atoms with Gasteiger partial charge < -0.3 is 10.1 Å². The Labute approximate surface area is 142 Å². The summed E-state index contributed by atoms with van der Waals surface area (Å²) in [4.78, 5) is 12.1. The molecule has 0 fully saturated rings. The summed E-state index contributed by atoms with van der Waals surface area (Å²) in [6, 6.07) is 12.8. The van der Waals surface area contributed by atoms with Crippen molar-refractivity contribution in [1.29, 1.82) is 0 Å². The molecule has 1 aromatic heterocycles. The zero-order chi connectivity index (χ0) is 17.8. The van der Waals surface area contributed by atoms with Crippen LogP contribution >= 0.6 is 0 Å². The van der Waals surface area contributed by atoms with Crippen molar-refractivity contribution in [3.8, 4) is 11.4 Å². The van der Waals surface area contributed by atoms with Gasteiger partial charge in [0, 0.05) is 6.07 Å². The number of anilines is 1. The number of rotatable bonds is 5. The monoisotopic (exact) mass is 343 g/mol. The molecule has 1 amide bonds. The zero-order valence-electron chi connectivity index (χ0n) is 13.4. The van der Waals surface area contributed by atoms with Crippen LogP contribution in [0.2, 0.25) is 0 Å². The lowest BCUT2D eigenvalue weighted by Gasteiger charge is -2.10. The smallest absolute Gasteiger partial charge is 0.263 e. The summed E-state index contributed by atoms with van der Waals surface area (Å²) in [5.41, 5.74) is 1.31. The number of ether oxygens (including phenoxy) is 1. The molecule has 0 radical (unpaired) electrons. The highest BCUT2D eigenvalue weighted by Crippen LogP contribution is 2.18. The van der Waals surface area contributed by atoms with Gasteiger partial charge in [0.25, 0.3) is 5.91 Å². The van der Waals surface area contributed by atoms with Crippen molar-refractivity contribution in [3.63, 3.8) is 0 Å². The molecule has 2 aromatic carbocycles. The van der Waals surface area contributed by atoms with Crippen LogP contribution in [0.15, 0.2) is 54.6 Å². The Hall–Kier alpha value is -3.22. The van der Waals surface area contributed by atoms with E-state index >= 15 is 0 Å². The first-order valence-electron chi connectivity index (χ1n) is 7.52. The van der Waals surface area contributed by atoms with Crippen molar-refractivity contribution < 1.29 is 18.3 Å². The van der Waals surface area contributed by atoms with Gasteiger partial charge in [0.05, 0.1) is 11.4 Å². The Balaban J connectivity index is 1.69. The molecule has 0 bridgehead atoms. The molecule has 5 nitrogen and oxygen atoms in total. The van der Waals surface area contributed by atoms with Crippen LogP contribution in [0.1, 0.15) is 5.69 Å². The SMILES string of the molecule is Cc1cc(NC(=O)COc2ccc(F)cc2)n(-c2ccc(F)cc2)n1. The number of halogens is 2. The summed E-state index contributed by atoms with van der Waals surface area (Å²) in [6.45, 7) is 1.55. The minimum absolute atomic E-state index is 0.237.